The van der Waals surface area contributed by atoms with Crippen LogP contribution in [-0.2, 0) is 0 Å². The first kappa shape index (κ1) is 9.59. The molecule has 2 heterocycles. The molecule has 1 aromatic carbocycles. The van der Waals surface area contributed by atoms with Gasteiger partial charge in [0.1, 0.15) is 11.4 Å². The van der Waals surface area contributed by atoms with Crippen molar-refractivity contribution in [2.75, 3.05) is 5.73 Å². The highest BCUT2D eigenvalue weighted by molar-refractivity contribution is 5.85. The molecule has 3 aromatic rings. The van der Waals surface area contributed by atoms with Gasteiger partial charge in [0.05, 0.1) is 11.8 Å². The standard InChI is InChI=1S/C11H9N5O/c12-11-9(7-4-2-1-3-5-7)10(15-17-11)8-6-13-16-14-8/h1-6H,12H2,(H,13,14,16). The molecule has 0 amide bonds. The van der Waals surface area contributed by atoms with Crippen LogP contribution in [0.1, 0.15) is 0 Å². The van der Waals surface area contributed by atoms with E-state index in [9.17, 15) is 0 Å². The topological polar surface area (TPSA) is 93.6 Å². The van der Waals surface area contributed by atoms with E-state index in [1.165, 1.54) is 0 Å². The highest BCUT2D eigenvalue weighted by Crippen LogP contribution is 2.34. The number of hydrogen-bond donors (Lipinski definition) is 2. The molecule has 0 unspecified atom stereocenters. The molecule has 6 nitrogen and oxygen atoms in total. The summed E-state index contributed by atoms with van der Waals surface area (Å²) >= 11 is 0. The first-order chi connectivity index (χ1) is 8.36. The number of nitrogens with zero attached hydrogens (tertiary/aromatic N) is 3. The SMILES string of the molecule is Nc1onc(-c2cn[nH]n2)c1-c1ccccc1. The second kappa shape index (κ2) is 3.75. The van der Waals surface area contributed by atoms with E-state index in [1.807, 2.05) is 30.3 Å². The number of H-pyrrole nitrogens is 1. The van der Waals surface area contributed by atoms with Crippen molar-refractivity contribution in [3.63, 3.8) is 0 Å². The van der Waals surface area contributed by atoms with Crippen LogP contribution < -0.4 is 5.73 Å². The Morgan fingerprint density at radius 1 is 1.18 bits per heavy atom. The van der Waals surface area contributed by atoms with Crippen molar-refractivity contribution in [2.24, 2.45) is 0 Å². The summed E-state index contributed by atoms with van der Waals surface area (Å²) in [7, 11) is 0. The van der Waals surface area contributed by atoms with Crippen LogP contribution in [0.5, 0.6) is 0 Å². The van der Waals surface area contributed by atoms with Crippen molar-refractivity contribution in [2.45, 2.75) is 0 Å². The Morgan fingerprint density at radius 2 is 2.00 bits per heavy atom. The largest absolute Gasteiger partial charge is 0.367 e. The maximum Gasteiger partial charge on any atom is 0.230 e. The highest BCUT2D eigenvalue weighted by Gasteiger charge is 2.18. The Labute approximate surface area is 96.4 Å². The number of benzene rings is 1. The van der Waals surface area contributed by atoms with E-state index in [1.54, 1.807) is 6.20 Å². The zero-order chi connectivity index (χ0) is 11.7. The molecule has 17 heavy (non-hydrogen) atoms. The van der Waals surface area contributed by atoms with Gasteiger partial charge in [0.15, 0.2) is 0 Å². The molecule has 84 valence electrons. The summed E-state index contributed by atoms with van der Waals surface area (Å²) in [6, 6.07) is 9.66. The lowest BCUT2D eigenvalue weighted by atomic mass is 10.0. The van der Waals surface area contributed by atoms with Crippen LogP contribution >= 0.6 is 0 Å². The molecule has 2 aromatic heterocycles. The molecular weight excluding hydrogens is 218 g/mol. The third-order valence-electron chi connectivity index (χ3n) is 2.44. The maximum atomic E-state index is 5.79. The minimum atomic E-state index is 0.272. The number of aromatic amines is 1. The molecule has 0 atom stereocenters. The van der Waals surface area contributed by atoms with E-state index < -0.39 is 0 Å². The average molecular weight is 227 g/mol. The van der Waals surface area contributed by atoms with Gasteiger partial charge in [0.25, 0.3) is 0 Å². The number of anilines is 1. The molecule has 6 heteroatoms. The van der Waals surface area contributed by atoms with Crippen molar-refractivity contribution in [3.8, 4) is 22.5 Å². The summed E-state index contributed by atoms with van der Waals surface area (Å²) in [6.45, 7) is 0. The van der Waals surface area contributed by atoms with E-state index >= 15 is 0 Å². The minimum absolute atomic E-state index is 0.272. The van der Waals surface area contributed by atoms with Crippen LogP contribution in [0.4, 0.5) is 5.88 Å². The van der Waals surface area contributed by atoms with Crippen molar-refractivity contribution in [3.05, 3.63) is 36.5 Å². The van der Waals surface area contributed by atoms with E-state index in [2.05, 4.69) is 20.6 Å². The van der Waals surface area contributed by atoms with Crippen LogP contribution in [0, 0.1) is 0 Å². The normalized spacial score (nSPS) is 10.6. The third kappa shape index (κ3) is 1.55. The van der Waals surface area contributed by atoms with Gasteiger partial charge >= 0.3 is 0 Å². The van der Waals surface area contributed by atoms with E-state index in [0.717, 1.165) is 11.1 Å². The Morgan fingerprint density at radius 3 is 2.71 bits per heavy atom. The first-order valence-electron chi connectivity index (χ1n) is 5.03. The van der Waals surface area contributed by atoms with Gasteiger partial charge in [-0.1, -0.05) is 35.5 Å². The van der Waals surface area contributed by atoms with Gasteiger partial charge in [-0.15, -0.1) is 0 Å². The van der Waals surface area contributed by atoms with E-state index in [-0.39, 0.29) is 5.88 Å². The van der Waals surface area contributed by atoms with Crippen molar-refractivity contribution in [1.29, 1.82) is 0 Å². The Kier molecular flexibility index (Phi) is 2.11. The van der Waals surface area contributed by atoms with Crippen molar-refractivity contribution in [1.82, 2.24) is 20.6 Å². The van der Waals surface area contributed by atoms with Gasteiger partial charge in [-0.2, -0.15) is 15.4 Å². The van der Waals surface area contributed by atoms with Gasteiger partial charge in [-0.3, -0.25) is 0 Å². The molecular formula is C11H9N5O. The number of hydrogen-bond acceptors (Lipinski definition) is 5. The van der Waals surface area contributed by atoms with Crippen molar-refractivity contribution < 1.29 is 4.52 Å². The average Bonchev–Trinajstić information content (AvgIpc) is 2.98. The van der Waals surface area contributed by atoms with Crippen LogP contribution in [-0.4, -0.2) is 20.6 Å². The lowest BCUT2D eigenvalue weighted by Crippen LogP contribution is -1.87. The molecule has 0 saturated heterocycles. The van der Waals surface area contributed by atoms with Crippen LogP contribution in [0.2, 0.25) is 0 Å². The lowest BCUT2D eigenvalue weighted by molar-refractivity contribution is 0.439. The zero-order valence-corrected chi connectivity index (χ0v) is 8.79. The minimum Gasteiger partial charge on any atom is -0.367 e. The third-order valence-corrected chi connectivity index (χ3v) is 2.44. The summed E-state index contributed by atoms with van der Waals surface area (Å²) < 4.78 is 5.02. The quantitative estimate of drug-likeness (QED) is 0.695. The van der Waals surface area contributed by atoms with Gasteiger partial charge < -0.3 is 10.3 Å². The molecule has 0 bridgehead atoms. The predicted octanol–water partition coefficient (Wildman–Crippen LogP) is 1.71. The van der Waals surface area contributed by atoms with Gasteiger partial charge in [-0.25, -0.2) is 0 Å². The maximum absolute atomic E-state index is 5.79. The van der Waals surface area contributed by atoms with Gasteiger partial charge in [0.2, 0.25) is 5.88 Å². The van der Waals surface area contributed by atoms with Gasteiger partial charge in [-0.05, 0) is 5.56 Å². The molecule has 0 radical (unpaired) electrons. The second-order valence-electron chi connectivity index (χ2n) is 3.49. The summed E-state index contributed by atoms with van der Waals surface area (Å²) in [5.41, 5.74) is 8.65. The molecule has 3 rings (SSSR count). The van der Waals surface area contributed by atoms with Crippen LogP contribution in [0.15, 0.2) is 41.1 Å². The number of rotatable bonds is 2. The zero-order valence-electron chi connectivity index (χ0n) is 8.79. The molecule has 0 aliphatic carbocycles. The molecule has 0 spiro atoms. The smallest absolute Gasteiger partial charge is 0.230 e. The van der Waals surface area contributed by atoms with Crippen LogP contribution in [0.3, 0.4) is 0 Å². The Bertz CT molecular complexity index is 615. The van der Waals surface area contributed by atoms with Gasteiger partial charge in [0, 0.05) is 0 Å². The highest BCUT2D eigenvalue weighted by atomic mass is 16.5. The fourth-order valence-electron chi connectivity index (χ4n) is 1.68. The summed E-state index contributed by atoms with van der Waals surface area (Å²) in [5.74, 6) is 0.272. The molecule has 3 N–H and O–H groups in total. The molecule has 0 aliphatic rings. The number of aromatic nitrogens is 4. The fourth-order valence-corrected chi connectivity index (χ4v) is 1.68. The van der Waals surface area contributed by atoms with Crippen molar-refractivity contribution >= 4 is 5.88 Å². The first-order valence-corrected chi connectivity index (χ1v) is 5.03. The molecule has 0 aliphatic heterocycles. The lowest BCUT2D eigenvalue weighted by Gasteiger charge is -1.99. The fraction of sp³-hybridized carbons (Fsp3) is 0. The summed E-state index contributed by atoms with van der Waals surface area (Å²) in [5, 5.41) is 14.2. The predicted molar refractivity (Wildman–Crippen MR) is 61.7 cm³/mol. The monoisotopic (exact) mass is 227 g/mol. The Hall–Kier alpha value is -2.63. The van der Waals surface area contributed by atoms with E-state index in [0.29, 0.717) is 11.4 Å². The second-order valence-corrected chi connectivity index (χ2v) is 3.49. The molecule has 0 saturated carbocycles. The van der Waals surface area contributed by atoms with E-state index in [4.69, 9.17) is 10.3 Å². The Balaban J connectivity index is 2.20. The number of nitrogen functional groups attached to an aromatic ring is 1. The van der Waals surface area contributed by atoms with Crippen LogP contribution in [0.25, 0.3) is 22.5 Å². The molecule has 0 fully saturated rings. The number of nitrogens with one attached hydrogen (secondary N) is 1. The number of nitrogens with two attached hydrogens (primary N) is 1. The summed E-state index contributed by atoms with van der Waals surface area (Å²) in [6.07, 6.45) is 1.57. The summed E-state index contributed by atoms with van der Waals surface area (Å²) in [4.78, 5) is 0.